The van der Waals surface area contributed by atoms with Crippen LogP contribution in [-0.4, -0.2) is 12.2 Å². The maximum atomic E-state index is 13.9. The van der Waals surface area contributed by atoms with Crippen LogP contribution in [0.4, 0.5) is 20.2 Å². The van der Waals surface area contributed by atoms with E-state index in [-0.39, 0.29) is 17.9 Å². The van der Waals surface area contributed by atoms with Gasteiger partial charge in [0, 0.05) is 17.3 Å². The lowest BCUT2D eigenvalue weighted by Crippen LogP contribution is -2.02. The zero-order valence-corrected chi connectivity index (χ0v) is 11.9. The van der Waals surface area contributed by atoms with Crippen LogP contribution in [0.2, 0.25) is 0 Å². The molecule has 5 heteroatoms. The molecule has 0 aromatic heterocycles. The fourth-order valence-electron chi connectivity index (χ4n) is 2.12. The van der Waals surface area contributed by atoms with Crippen LogP contribution in [0.15, 0.2) is 30.3 Å². The van der Waals surface area contributed by atoms with Crippen molar-refractivity contribution in [3.8, 4) is 5.75 Å². The molecule has 2 N–H and O–H groups in total. The highest BCUT2D eigenvalue weighted by Crippen LogP contribution is 2.29. The summed E-state index contributed by atoms with van der Waals surface area (Å²) >= 11 is 0. The molecule has 0 unspecified atom stereocenters. The second-order valence-electron chi connectivity index (χ2n) is 4.56. The third kappa shape index (κ3) is 3.13. The molecule has 2 aromatic carbocycles. The number of hydrogen-bond donors (Lipinski definition) is 2. The summed E-state index contributed by atoms with van der Waals surface area (Å²) in [7, 11) is 1.56. The fraction of sp³-hybridized carbons (Fsp3) is 0.250. The molecule has 0 heterocycles. The molecule has 0 atom stereocenters. The Morgan fingerprint density at radius 3 is 2.48 bits per heavy atom. The maximum Gasteiger partial charge on any atom is 0.182 e. The number of aliphatic hydroxyl groups is 1. The van der Waals surface area contributed by atoms with Crippen LogP contribution in [0.3, 0.4) is 0 Å². The molecule has 0 aliphatic heterocycles. The number of methoxy groups -OCH3 is 1. The number of nitrogens with one attached hydrogen (secondary N) is 1. The largest absolute Gasteiger partial charge is 0.496 e. The number of halogens is 2. The minimum absolute atomic E-state index is 0.0659. The predicted molar refractivity (Wildman–Crippen MR) is 77.9 cm³/mol. The third-order valence-electron chi connectivity index (χ3n) is 3.29. The van der Waals surface area contributed by atoms with Gasteiger partial charge in [-0.25, -0.2) is 8.78 Å². The smallest absolute Gasteiger partial charge is 0.182 e. The summed E-state index contributed by atoms with van der Waals surface area (Å²) in [5.74, 6) is -1.31. The summed E-state index contributed by atoms with van der Waals surface area (Å²) < 4.78 is 32.5. The van der Waals surface area contributed by atoms with Gasteiger partial charge in [-0.05, 0) is 24.1 Å². The van der Waals surface area contributed by atoms with Crippen molar-refractivity contribution in [2.75, 3.05) is 12.4 Å². The molecular formula is C16H17F2NO2. The van der Waals surface area contributed by atoms with E-state index < -0.39 is 11.6 Å². The molecule has 3 nitrogen and oxygen atoms in total. The first-order chi connectivity index (χ1) is 10.1. The SMILES string of the molecule is CCc1ccc(Nc2c(CO)ccc(F)c2F)cc1OC. The van der Waals surface area contributed by atoms with Crippen LogP contribution < -0.4 is 10.1 Å². The van der Waals surface area contributed by atoms with Crippen molar-refractivity contribution in [2.24, 2.45) is 0 Å². The summed E-state index contributed by atoms with van der Waals surface area (Å²) in [5.41, 5.74) is 1.80. The molecule has 0 saturated carbocycles. The number of aliphatic hydroxyl groups excluding tert-OH is 1. The van der Waals surface area contributed by atoms with E-state index in [9.17, 15) is 13.9 Å². The van der Waals surface area contributed by atoms with E-state index in [0.29, 0.717) is 11.4 Å². The fourth-order valence-corrected chi connectivity index (χ4v) is 2.12. The van der Waals surface area contributed by atoms with Crippen LogP contribution in [0.1, 0.15) is 18.1 Å². The second kappa shape index (κ2) is 6.54. The molecule has 0 radical (unpaired) electrons. The molecule has 0 saturated heterocycles. The molecule has 2 aromatic rings. The minimum Gasteiger partial charge on any atom is -0.496 e. The first-order valence-corrected chi connectivity index (χ1v) is 6.62. The molecule has 0 aliphatic carbocycles. The van der Waals surface area contributed by atoms with Gasteiger partial charge in [0.1, 0.15) is 5.75 Å². The zero-order valence-electron chi connectivity index (χ0n) is 11.9. The van der Waals surface area contributed by atoms with Gasteiger partial charge in [-0.3, -0.25) is 0 Å². The molecule has 0 bridgehead atoms. The molecule has 0 amide bonds. The Morgan fingerprint density at radius 2 is 1.86 bits per heavy atom. The number of rotatable bonds is 5. The lowest BCUT2D eigenvalue weighted by Gasteiger charge is -2.14. The quantitative estimate of drug-likeness (QED) is 0.881. The number of aryl methyl sites for hydroxylation is 1. The standard InChI is InChI=1S/C16H17F2NO2/c1-3-10-4-6-12(8-14(10)21-2)19-16-11(9-20)5-7-13(17)15(16)18/h4-8,19-20H,3,9H2,1-2H3. The Balaban J connectivity index is 2.40. The highest BCUT2D eigenvalue weighted by atomic mass is 19.2. The Kier molecular flexibility index (Phi) is 4.75. The number of ether oxygens (including phenoxy) is 1. The van der Waals surface area contributed by atoms with Crippen LogP contribution in [0, 0.1) is 11.6 Å². The first-order valence-electron chi connectivity index (χ1n) is 6.62. The number of hydrogen-bond acceptors (Lipinski definition) is 3. The maximum absolute atomic E-state index is 13.9. The molecule has 112 valence electrons. The summed E-state index contributed by atoms with van der Waals surface area (Å²) in [6.45, 7) is 1.62. The molecule has 0 aliphatic rings. The topological polar surface area (TPSA) is 41.5 Å². The molecular weight excluding hydrogens is 276 g/mol. The molecule has 2 rings (SSSR count). The van der Waals surface area contributed by atoms with Crippen molar-refractivity contribution in [2.45, 2.75) is 20.0 Å². The highest BCUT2D eigenvalue weighted by molar-refractivity contribution is 5.66. The Bertz CT molecular complexity index is 644. The van der Waals surface area contributed by atoms with E-state index in [1.807, 2.05) is 13.0 Å². The van der Waals surface area contributed by atoms with Gasteiger partial charge in [-0.1, -0.05) is 19.1 Å². The van der Waals surface area contributed by atoms with E-state index in [4.69, 9.17) is 4.74 Å². The average molecular weight is 293 g/mol. The molecule has 0 fully saturated rings. The summed E-state index contributed by atoms with van der Waals surface area (Å²) in [6.07, 6.45) is 0.805. The monoisotopic (exact) mass is 293 g/mol. The van der Waals surface area contributed by atoms with Crippen molar-refractivity contribution in [3.63, 3.8) is 0 Å². The van der Waals surface area contributed by atoms with Crippen LogP contribution in [0.25, 0.3) is 0 Å². The van der Waals surface area contributed by atoms with Gasteiger partial charge >= 0.3 is 0 Å². The van der Waals surface area contributed by atoms with Crippen LogP contribution >= 0.6 is 0 Å². The van der Waals surface area contributed by atoms with Crippen LogP contribution in [-0.2, 0) is 13.0 Å². The Hall–Kier alpha value is -2.14. The normalized spacial score (nSPS) is 10.5. The Labute approximate surface area is 122 Å². The van der Waals surface area contributed by atoms with Gasteiger partial charge in [0.25, 0.3) is 0 Å². The summed E-state index contributed by atoms with van der Waals surface area (Å²) in [4.78, 5) is 0. The van der Waals surface area contributed by atoms with E-state index in [2.05, 4.69) is 5.32 Å². The lowest BCUT2D eigenvalue weighted by atomic mass is 10.1. The number of anilines is 2. The van der Waals surface area contributed by atoms with Crippen molar-refractivity contribution in [3.05, 3.63) is 53.1 Å². The van der Waals surface area contributed by atoms with Gasteiger partial charge in [0.2, 0.25) is 0 Å². The zero-order chi connectivity index (χ0) is 15.4. The van der Waals surface area contributed by atoms with E-state index >= 15 is 0 Å². The van der Waals surface area contributed by atoms with Gasteiger partial charge in [-0.15, -0.1) is 0 Å². The van der Waals surface area contributed by atoms with Gasteiger partial charge < -0.3 is 15.2 Å². The number of benzene rings is 2. The van der Waals surface area contributed by atoms with Gasteiger partial charge in [0.15, 0.2) is 11.6 Å². The average Bonchev–Trinajstić information content (AvgIpc) is 2.52. The van der Waals surface area contributed by atoms with Crippen molar-refractivity contribution in [1.82, 2.24) is 0 Å². The molecule has 21 heavy (non-hydrogen) atoms. The third-order valence-corrected chi connectivity index (χ3v) is 3.29. The van der Waals surface area contributed by atoms with E-state index in [1.54, 1.807) is 19.2 Å². The van der Waals surface area contributed by atoms with Crippen molar-refractivity contribution >= 4 is 11.4 Å². The van der Waals surface area contributed by atoms with E-state index in [1.165, 1.54) is 6.07 Å². The minimum atomic E-state index is -1.01. The summed E-state index contributed by atoms with van der Waals surface area (Å²) in [6, 6.07) is 7.67. The first kappa shape index (κ1) is 15.3. The summed E-state index contributed by atoms with van der Waals surface area (Å²) in [5, 5.41) is 12.0. The molecule has 0 spiro atoms. The van der Waals surface area contributed by atoms with Gasteiger partial charge in [0.05, 0.1) is 19.4 Å². The lowest BCUT2D eigenvalue weighted by molar-refractivity contribution is 0.281. The second-order valence-corrected chi connectivity index (χ2v) is 4.56. The van der Waals surface area contributed by atoms with Crippen molar-refractivity contribution in [1.29, 1.82) is 0 Å². The van der Waals surface area contributed by atoms with Crippen LogP contribution in [0.5, 0.6) is 5.75 Å². The van der Waals surface area contributed by atoms with Crippen molar-refractivity contribution < 1.29 is 18.6 Å². The van der Waals surface area contributed by atoms with Gasteiger partial charge in [-0.2, -0.15) is 0 Å². The van der Waals surface area contributed by atoms with E-state index in [0.717, 1.165) is 18.1 Å². The Morgan fingerprint density at radius 1 is 1.14 bits per heavy atom. The predicted octanol–water partition coefficient (Wildman–Crippen LogP) is 3.77. The highest BCUT2D eigenvalue weighted by Gasteiger charge is 2.14.